The van der Waals surface area contributed by atoms with E-state index in [1.807, 2.05) is 20.8 Å². The van der Waals surface area contributed by atoms with Gasteiger partial charge in [0.2, 0.25) is 0 Å². The summed E-state index contributed by atoms with van der Waals surface area (Å²) in [7, 11) is 1.44. The van der Waals surface area contributed by atoms with Crippen LogP contribution in [0, 0.1) is 0 Å². The van der Waals surface area contributed by atoms with Gasteiger partial charge in [0, 0.05) is 20.7 Å². The van der Waals surface area contributed by atoms with Gasteiger partial charge in [-0.15, -0.1) is 0 Å². The van der Waals surface area contributed by atoms with Gasteiger partial charge in [-0.3, -0.25) is 4.79 Å². The maximum Gasteiger partial charge on any atom is 0.261 e. The molecule has 0 saturated carbocycles. The lowest BCUT2D eigenvalue weighted by Gasteiger charge is -2.28. The second kappa shape index (κ2) is 6.45. The molecule has 0 saturated heterocycles. The van der Waals surface area contributed by atoms with Gasteiger partial charge in [-0.2, -0.15) is 0 Å². The van der Waals surface area contributed by atoms with E-state index in [9.17, 15) is 13.2 Å². The molecule has 0 radical (unpaired) electrons. The first-order chi connectivity index (χ1) is 9.13. The fraction of sp³-hybridized carbons (Fsp3) is 0.462. The van der Waals surface area contributed by atoms with Crippen LogP contribution in [-0.2, 0) is 9.05 Å². The molecule has 112 valence electrons. The number of carbonyl (C=O) groups is 1. The Hall–Kier alpha value is -0.590. The number of halogens is 2. The summed E-state index contributed by atoms with van der Waals surface area (Å²) in [6.45, 7) is 5.91. The molecule has 0 heterocycles. The van der Waals surface area contributed by atoms with Crippen LogP contribution in [0.3, 0.4) is 0 Å². The summed E-state index contributed by atoms with van der Waals surface area (Å²) in [5, 5.41) is 2.92. The molecule has 0 aromatic heterocycles. The molecule has 0 aliphatic rings. The lowest BCUT2D eigenvalue weighted by Crippen LogP contribution is -2.45. The van der Waals surface area contributed by atoms with Gasteiger partial charge in [0.25, 0.3) is 15.0 Å². The number of rotatable bonds is 5. The highest BCUT2D eigenvalue weighted by Crippen LogP contribution is 2.24. The molecule has 0 bridgehead atoms. The summed E-state index contributed by atoms with van der Waals surface area (Å²) >= 11 is 3.25. The van der Waals surface area contributed by atoms with Crippen LogP contribution in [-0.4, -0.2) is 19.9 Å². The molecule has 0 aliphatic carbocycles. The summed E-state index contributed by atoms with van der Waals surface area (Å²) in [4.78, 5) is 12.2. The monoisotopic (exact) mass is 381 g/mol. The third-order valence-corrected chi connectivity index (χ3v) is 5.48. The molecule has 4 nitrogen and oxygen atoms in total. The van der Waals surface area contributed by atoms with Crippen molar-refractivity contribution in [2.24, 2.45) is 0 Å². The smallest absolute Gasteiger partial charge is 0.261 e. The van der Waals surface area contributed by atoms with Gasteiger partial charge in [0.1, 0.15) is 0 Å². The first-order valence-electron chi connectivity index (χ1n) is 6.19. The van der Waals surface area contributed by atoms with Gasteiger partial charge < -0.3 is 5.32 Å². The highest BCUT2D eigenvalue weighted by Gasteiger charge is 2.24. The molecule has 0 aliphatic heterocycles. The average molecular weight is 383 g/mol. The maximum absolute atomic E-state index is 12.3. The zero-order valence-corrected chi connectivity index (χ0v) is 14.7. The number of hydrogen-bond donors (Lipinski definition) is 1. The second-order valence-corrected chi connectivity index (χ2v) is 8.22. The third-order valence-electron chi connectivity index (χ3n) is 3.44. The molecule has 7 heteroatoms. The Labute approximate surface area is 132 Å². The van der Waals surface area contributed by atoms with Gasteiger partial charge >= 0.3 is 0 Å². The maximum atomic E-state index is 12.3. The van der Waals surface area contributed by atoms with E-state index in [-0.39, 0.29) is 21.9 Å². The van der Waals surface area contributed by atoms with Crippen LogP contribution < -0.4 is 5.32 Å². The first-order valence-corrected chi connectivity index (χ1v) is 9.30. The number of amides is 1. The Kier molecular flexibility index (Phi) is 5.63. The molecular formula is C13H17BrClNO3S. The Morgan fingerprint density at radius 1 is 1.35 bits per heavy atom. The van der Waals surface area contributed by atoms with Crippen molar-refractivity contribution in [1.82, 2.24) is 5.32 Å². The molecule has 0 spiro atoms. The van der Waals surface area contributed by atoms with E-state index in [1.54, 1.807) is 0 Å². The fourth-order valence-corrected chi connectivity index (χ4v) is 2.80. The lowest BCUT2D eigenvalue weighted by atomic mass is 9.95. The van der Waals surface area contributed by atoms with Crippen molar-refractivity contribution in [1.29, 1.82) is 0 Å². The molecule has 1 N–H and O–H groups in total. The van der Waals surface area contributed by atoms with E-state index in [0.29, 0.717) is 4.47 Å². The summed E-state index contributed by atoms with van der Waals surface area (Å²) < 4.78 is 23.2. The predicted octanol–water partition coefficient (Wildman–Crippen LogP) is 3.69. The highest BCUT2D eigenvalue weighted by molar-refractivity contribution is 9.10. The zero-order valence-electron chi connectivity index (χ0n) is 11.5. The van der Waals surface area contributed by atoms with Crippen molar-refractivity contribution in [3.63, 3.8) is 0 Å². The lowest BCUT2D eigenvalue weighted by molar-refractivity contribution is 0.0900. The topological polar surface area (TPSA) is 63.2 Å². The van der Waals surface area contributed by atoms with Gasteiger partial charge in [-0.1, -0.05) is 13.8 Å². The van der Waals surface area contributed by atoms with Gasteiger partial charge in [-0.05, 0) is 53.9 Å². The Morgan fingerprint density at radius 2 is 1.90 bits per heavy atom. The van der Waals surface area contributed by atoms with E-state index in [4.69, 9.17) is 10.7 Å². The van der Waals surface area contributed by atoms with Gasteiger partial charge in [0.15, 0.2) is 0 Å². The zero-order chi connectivity index (χ0) is 15.6. The third kappa shape index (κ3) is 4.20. The van der Waals surface area contributed by atoms with Crippen molar-refractivity contribution < 1.29 is 13.2 Å². The molecule has 0 atom stereocenters. The largest absolute Gasteiger partial charge is 0.347 e. The minimum absolute atomic E-state index is 0.0952. The number of nitrogens with one attached hydrogen (secondary N) is 1. The molecule has 20 heavy (non-hydrogen) atoms. The van der Waals surface area contributed by atoms with Crippen LogP contribution in [0.5, 0.6) is 0 Å². The molecule has 1 rings (SSSR count). The number of benzene rings is 1. The van der Waals surface area contributed by atoms with Crippen LogP contribution in [0.2, 0.25) is 0 Å². The van der Waals surface area contributed by atoms with E-state index >= 15 is 0 Å². The van der Waals surface area contributed by atoms with Crippen molar-refractivity contribution >= 4 is 41.6 Å². The van der Waals surface area contributed by atoms with Crippen molar-refractivity contribution in [2.45, 2.75) is 44.0 Å². The minimum Gasteiger partial charge on any atom is -0.347 e. The van der Waals surface area contributed by atoms with E-state index in [0.717, 1.165) is 12.8 Å². The van der Waals surface area contributed by atoms with E-state index < -0.39 is 9.05 Å². The minimum atomic E-state index is -3.86. The molecular weight excluding hydrogens is 366 g/mol. The summed E-state index contributed by atoms with van der Waals surface area (Å²) in [6, 6.07) is 4.12. The van der Waals surface area contributed by atoms with E-state index in [2.05, 4.69) is 21.2 Å². The van der Waals surface area contributed by atoms with Crippen LogP contribution in [0.25, 0.3) is 0 Å². The van der Waals surface area contributed by atoms with Crippen LogP contribution in [0.15, 0.2) is 27.6 Å². The Morgan fingerprint density at radius 3 is 2.35 bits per heavy atom. The average Bonchev–Trinajstić information content (AvgIpc) is 2.37. The molecule has 1 aromatic rings. The van der Waals surface area contributed by atoms with Gasteiger partial charge in [0.05, 0.1) is 10.5 Å². The van der Waals surface area contributed by atoms with Crippen LogP contribution >= 0.6 is 26.6 Å². The molecule has 0 fully saturated rings. The van der Waals surface area contributed by atoms with Crippen LogP contribution in [0.4, 0.5) is 0 Å². The number of carbonyl (C=O) groups excluding carboxylic acids is 1. The summed E-state index contributed by atoms with van der Waals surface area (Å²) in [5.41, 5.74) is -0.0772. The molecule has 1 amide bonds. The number of hydrogen-bond acceptors (Lipinski definition) is 3. The van der Waals surface area contributed by atoms with Crippen molar-refractivity contribution in [3.05, 3.63) is 28.2 Å². The molecule has 0 unspecified atom stereocenters. The first kappa shape index (κ1) is 17.5. The Bertz CT molecular complexity index is 612. The second-order valence-electron chi connectivity index (χ2n) is 4.80. The quantitative estimate of drug-likeness (QED) is 0.790. The van der Waals surface area contributed by atoms with Crippen LogP contribution in [0.1, 0.15) is 44.0 Å². The van der Waals surface area contributed by atoms with Gasteiger partial charge in [-0.25, -0.2) is 8.42 Å². The highest BCUT2D eigenvalue weighted by atomic mass is 79.9. The fourth-order valence-electron chi connectivity index (χ4n) is 1.60. The Balaban J connectivity index is 3.17. The SMILES string of the molecule is CCC(C)(CC)NC(=O)c1cc(S(=O)(=O)Cl)ccc1Br. The summed E-state index contributed by atoms with van der Waals surface area (Å²) in [6.07, 6.45) is 1.56. The van der Waals surface area contributed by atoms with E-state index in [1.165, 1.54) is 18.2 Å². The van der Waals surface area contributed by atoms with Crippen molar-refractivity contribution in [2.75, 3.05) is 0 Å². The summed E-state index contributed by atoms with van der Waals surface area (Å²) in [5.74, 6) is -0.328. The van der Waals surface area contributed by atoms with Crippen molar-refractivity contribution in [3.8, 4) is 0 Å². The molecule has 1 aromatic carbocycles. The normalized spacial score (nSPS) is 12.2. The predicted molar refractivity (Wildman–Crippen MR) is 83.6 cm³/mol. The standard InChI is InChI=1S/C13H17BrClNO3S/c1-4-13(3,5-2)16-12(17)10-8-9(20(15,18)19)6-7-11(10)14/h6-8H,4-5H2,1-3H3,(H,16,17).